The van der Waals surface area contributed by atoms with Gasteiger partial charge in [-0.05, 0) is 42.9 Å². The highest BCUT2D eigenvalue weighted by Crippen LogP contribution is 2.28. The maximum atomic E-state index is 13.6. The van der Waals surface area contributed by atoms with E-state index in [1.165, 1.54) is 4.90 Å². The van der Waals surface area contributed by atoms with Crippen LogP contribution in [0.4, 0.5) is 0 Å². The maximum Gasteiger partial charge on any atom is 0.246 e. The van der Waals surface area contributed by atoms with Gasteiger partial charge in [0.05, 0.1) is 22.2 Å². The Kier molecular flexibility index (Phi) is 11.0. The van der Waals surface area contributed by atoms with Crippen LogP contribution in [0, 0.1) is 12.3 Å². The molecule has 0 saturated carbocycles. The first-order valence-electron chi connectivity index (χ1n) is 13.3. The van der Waals surface area contributed by atoms with Gasteiger partial charge >= 0.3 is 0 Å². The molecule has 5 N–H and O–H groups in total. The number of rotatable bonds is 12. The zero-order valence-electron chi connectivity index (χ0n) is 23.2. The van der Waals surface area contributed by atoms with Crippen LogP contribution >= 0.6 is 11.3 Å². The first-order chi connectivity index (χ1) is 18.5. The third-order valence-electron chi connectivity index (χ3n) is 6.69. The SMILES string of the molecule is Cc1ncsc1-c1ccc(CNC(=O)C2CC(O)CN2C(=O)C(NC(=O)COCCCCN)C(C)(C)C)cc1. The molecule has 0 spiro atoms. The van der Waals surface area contributed by atoms with Crippen LogP contribution in [-0.4, -0.2) is 77.2 Å². The minimum Gasteiger partial charge on any atom is -0.391 e. The largest absolute Gasteiger partial charge is 0.391 e. The number of nitrogens with two attached hydrogens (primary N) is 1. The molecule has 0 radical (unpaired) electrons. The average molecular weight is 560 g/mol. The van der Waals surface area contributed by atoms with Gasteiger partial charge in [0.1, 0.15) is 18.7 Å². The van der Waals surface area contributed by atoms with Crippen LogP contribution in [0.1, 0.15) is 51.3 Å². The van der Waals surface area contributed by atoms with Crippen LogP contribution in [0.25, 0.3) is 10.4 Å². The van der Waals surface area contributed by atoms with Crippen LogP contribution in [0.15, 0.2) is 29.8 Å². The van der Waals surface area contributed by atoms with Gasteiger partial charge in [0.25, 0.3) is 0 Å². The number of hydrogen-bond donors (Lipinski definition) is 4. The van der Waals surface area contributed by atoms with Crippen molar-refractivity contribution >= 4 is 29.1 Å². The van der Waals surface area contributed by atoms with E-state index in [-0.39, 0.29) is 32.0 Å². The van der Waals surface area contributed by atoms with Gasteiger partial charge in [-0.3, -0.25) is 14.4 Å². The van der Waals surface area contributed by atoms with E-state index in [1.807, 2.05) is 57.5 Å². The number of thiazole rings is 1. The Morgan fingerprint density at radius 2 is 1.95 bits per heavy atom. The molecule has 1 saturated heterocycles. The summed E-state index contributed by atoms with van der Waals surface area (Å²) >= 11 is 1.58. The fourth-order valence-corrected chi connectivity index (χ4v) is 5.31. The van der Waals surface area contributed by atoms with Crippen LogP contribution in [-0.2, 0) is 25.7 Å². The van der Waals surface area contributed by atoms with Crippen LogP contribution in [0.2, 0.25) is 0 Å². The van der Waals surface area contributed by atoms with E-state index in [0.29, 0.717) is 13.2 Å². The molecule has 3 unspecified atom stereocenters. The number of β-amino-alcohol motifs (C(OH)–C–C–N with tert-alkyl or cyclic N) is 1. The van der Waals surface area contributed by atoms with Crippen LogP contribution < -0.4 is 16.4 Å². The summed E-state index contributed by atoms with van der Waals surface area (Å²) in [6, 6.07) is 6.17. The average Bonchev–Trinajstić information content (AvgIpc) is 3.50. The number of nitrogens with zero attached hydrogens (tertiary/aromatic N) is 2. The minimum absolute atomic E-state index is 0.0257. The number of nitrogens with one attached hydrogen (secondary N) is 2. The number of hydrogen-bond acceptors (Lipinski definition) is 8. The maximum absolute atomic E-state index is 13.6. The van der Waals surface area contributed by atoms with Gasteiger partial charge in [-0.1, -0.05) is 45.0 Å². The van der Waals surface area contributed by atoms with Gasteiger partial charge in [-0.25, -0.2) is 4.98 Å². The van der Waals surface area contributed by atoms with E-state index in [0.717, 1.165) is 34.5 Å². The smallest absolute Gasteiger partial charge is 0.246 e. The Balaban J connectivity index is 1.61. The van der Waals surface area contributed by atoms with E-state index in [2.05, 4.69) is 15.6 Å². The molecule has 1 aromatic carbocycles. The number of aryl methyl sites for hydroxylation is 1. The van der Waals surface area contributed by atoms with E-state index in [4.69, 9.17) is 10.5 Å². The summed E-state index contributed by atoms with van der Waals surface area (Å²) < 4.78 is 5.40. The topological polar surface area (TPSA) is 147 Å². The first kappa shape index (κ1) is 30.7. The molecule has 214 valence electrons. The molecule has 11 heteroatoms. The Labute approximate surface area is 234 Å². The summed E-state index contributed by atoms with van der Waals surface area (Å²) in [5.41, 5.74) is 9.62. The number of amides is 3. The number of aromatic nitrogens is 1. The monoisotopic (exact) mass is 559 g/mol. The molecule has 1 aromatic heterocycles. The lowest BCUT2D eigenvalue weighted by molar-refractivity contribution is -0.144. The quantitative estimate of drug-likeness (QED) is 0.291. The fraction of sp³-hybridized carbons (Fsp3) is 0.571. The molecule has 3 amide bonds. The lowest BCUT2D eigenvalue weighted by atomic mass is 9.85. The molecule has 1 aliphatic heterocycles. The predicted molar refractivity (Wildman–Crippen MR) is 151 cm³/mol. The number of aliphatic hydroxyl groups is 1. The summed E-state index contributed by atoms with van der Waals surface area (Å²) in [7, 11) is 0. The Morgan fingerprint density at radius 3 is 2.56 bits per heavy atom. The molecule has 3 atom stereocenters. The normalized spacial score (nSPS) is 18.2. The van der Waals surface area contributed by atoms with Crippen molar-refractivity contribution in [2.45, 2.75) is 71.7 Å². The van der Waals surface area contributed by atoms with Gasteiger partial charge in [0.15, 0.2) is 0 Å². The molecule has 10 nitrogen and oxygen atoms in total. The zero-order valence-corrected chi connectivity index (χ0v) is 24.1. The summed E-state index contributed by atoms with van der Waals surface area (Å²) in [6.07, 6.45) is 0.873. The molecule has 39 heavy (non-hydrogen) atoms. The Morgan fingerprint density at radius 1 is 1.23 bits per heavy atom. The first-order valence-corrected chi connectivity index (χ1v) is 14.2. The lowest BCUT2D eigenvalue weighted by Crippen LogP contribution is -2.58. The second-order valence-electron chi connectivity index (χ2n) is 11.0. The Hall–Kier alpha value is -2.86. The molecular formula is C28H41N5O5S. The molecule has 0 bridgehead atoms. The van der Waals surface area contributed by atoms with Gasteiger partial charge in [-0.15, -0.1) is 11.3 Å². The van der Waals surface area contributed by atoms with E-state index >= 15 is 0 Å². The van der Waals surface area contributed by atoms with Gasteiger partial charge in [-0.2, -0.15) is 0 Å². The highest BCUT2D eigenvalue weighted by atomic mass is 32.1. The molecule has 3 rings (SSSR count). The van der Waals surface area contributed by atoms with Crippen molar-refractivity contribution in [3.05, 3.63) is 41.0 Å². The summed E-state index contributed by atoms with van der Waals surface area (Å²) in [5, 5.41) is 16.0. The van der Waals surface area contributed by atoms with E-state index < -0.39 is 35.4 Å². The third kappa shape index (κ3) is 8.56. The number of benzene rings is 1. The molecule has 1 fully saturated rings. The molecule has 1 aliphatic rings. The minimum atomic E-state index is -0.888. The van der Waals surface area contributed by atoms with Crippen LogP contribution in [0.3, 0.4) is 0 Å². The second kappa shape index (κ2) is 14.0. The van der Waals surface area contributed by atoms with Crippen molar-refractivity contribution in [2.75, 3.05) is 26.3 Å². The molecule has 0 aliphatic carbocycles. The fourth-order valence-electron chi connectivity index (χ4n) is 4.50. The summed E-state index contributed by atoms with van der Waals surface area (Å²) in [6.45, 7) is 8.62. The number of unbranched alkanes of at least 4 members (excludes halogenated alkanes) is 1. The predicted octanol–water partition coefficient (Wildman–Crippen LogP) is 1.98. The van der Waals surface area contributed by atoms with Crippen LogP contribution in [0.5, 0.6) is 0 Å². The number of carbonyl (C=O) groups excluding carboxylic acids is 3. The van der Waals surface area contributed by atoms with Crippen molar-refractivity contribution in [2.24, 2.45) is 11.1 Å². The van der Waals surface area contributed by atoms with Crippen molar-refractivity contribution in [1.82, 2.24) is 20.5 Å². The molecule has 2 aromatic rings. The van der Waals surface area contributed by atoms with Crippen molar-refractivity contribution in [1.29, 1.82) is 0 Å². The third-order valence-corrected chi connectivity index (χ3v) is 7.67. The second-order valence-corrected chi connectivity index (χ2v) is 11.8. The van der Waals surface area contributed by atoms with Gasteiger partial charge in [0, 0.05) is 26.1 Å². The highest BCUT2D eigenvalue weighted by Gasteiger charge is 2.44. The van der Waals surface area contributed by atoms with Crippen molar-refractivity contribution in [3.63, 3.8) is 0 Å². The van der Waals surface area contributed by atoms with Crippen molar-refractivity contribution < 1.29 is 24.2 Å². The summed E-state index contributed by atoms with van der Waals surface area (Å²) in [4.78, 5) is 46.1. The number of likely N-dealkylation sites (tertiary alicyclic amines) is 1. The Bertz CT molecular complexity index is 1110. The number of carbonyl (C=O) groups is 3. The van der Waals surface area contributed by atoms with Crippen molar-refractivity contribution in [3.8, 4) is 10.4 Å². The standard InChI is InChI=1S/C28H41N5O5S/c1-18-24(39-17-31-18)20-9-7-19(8-10-20)14-30-26(36)22-13-21(34)15-33(22)27(37)25(28(2,3)4)32-23(35)16-38-12-6-5-11-29/h7-10,17,21-22,25,34H,5-6,11-16,29H2,1-4H3,(H,30,36)(H,32,35). The zero-order chi connectivity index (χ0) is 28.6. The highest BCUT2D eigenvalue weighted by molar-refractivity contribution is 7.13. The lowest BCUT2D eigenvalue weighted by Gasteiger charge is -2.35. The summed E-state index contributed by atoms with van der Waals surface area (Å²) in [5.74, 6) is -1.15. The number of ether oxygens (including phenoxy) is 1. The van der Waals surface area contributed by atoms with Gasteiger partial charge in [0.2, 0.25) is 17.7 Å². The van der Waals surface area contributed by atoms with Gasteiger partial charge < -0.3 is 31.1 Å². The number of aliphatic hydroxyl groups excluding tert-OH is 1. The molecular weight excluding hydrogens is 518 g/mol. The molecule has 2 heterocycles. The van der Waals surface area contributed by atoms with E-state index in [9.17, 15) is 19.5 Å². The van der Waals surface area contributed by atoms with E-state index in [1.54, 1.807) is 11.3 Å².